The molecule has 0 saturated carbocycles. The number of ether oxygens (including phenoxy) is 1. The third-order valence-electron chi connectivity index (χ3n) is 4.44. The third-order valence-corrected chi connectivity index (χ3v) is 4.44. The first-order valence-electron chi connectivity index (χ1n) is 7.94. The van der Waals surface area contributed by atoms with Gasteiger partial charge in [0.15, 0.2) is 0 Å². The molecule has 5 nitrogen and oxygen atoms in total. The molecule has 1 saturated heterocycles. The van der Waals surface area contributed by atoms with E-state index >= 15 is 0 Å². The molecular weight excluding hydrogens is 276 g/mol. The number of rotatable bonds is 6. The van der Waals surface area contributed by atoms with Crippen molar-refractivity contribution in [3.63, 3.8) is 0 Å². The Bertz CT molecular complexity index is 610. The van der Waals surface area contributed by atoms with E-state index in [1.165, 1.54) is 11.1 Å². The molecular formula is C17H24N4O. The fraction of sp³-hybridized carbons (Fsp3) is 0.529. The topological polar surface area (TPSA) is 52.0 Å². The van der Waals surface area contributed by atoms with Gasteiger partial charge in [-0.15, -0.1) is 0 Å². The third kappa shape index (κ3) is 3.36. The maximum atomic E-state index is 5.89. The van der Waals surface area contributed by atoms with Crippen molar-refractivity contribution in [1.82, 2.24) is 19.9 Å². The van der Waals surface area contributed by atoms with Crippen molar-refractivity contribution in [2.45, 2.75) is 25.9 Å². The molecule has 1 aliphatic rings. The van der Waals surface area contributed by atoms with Gasteiger partial charge in [0.25, 0.3) is 0 Å². The zero-order valence-electron chi connectivity index (χ0n) is 13.3. The van der Waals surface area contributed by atoms with Gasteiger partial charge in [0.2, 0.25) is 0 Å². The number of aromatic nitrogens is 3. The predicted molar refractivity (Wildman–Crippen MR) is 85.6 cm³/mol. The van der Waals surface area contributed by atoms with E-state index in [2.05, 4.69) is 32.8 Å². The molecule has 3 heterocycles. The molecule has 1 N–H and O–H groups in total. The van der Waals surface area contributed by atoms with Gasteiger partial charge in [-0.05, 0) is 43.5 Å². The molecule has 1 aliphatic heterocycles. The molecule has 2 aromatic rings. The normalized spacial score (nSPS) is 21.4. The first kappa shape index (κ1) is 15.2. The molecule has 2 atom stereocenters. The molecule has 0 radical (unpaired) electrons. The number of hydrogen-bond donors (Lipinski definition) is 1. The van der Waals surface area contributed by atoms with Crippen molar-refractivity contribution in [3.05, 3.63) is 47.8 Å². The number of nitrogens with zero attached hydrogens (tertiary/aromatic N) is 3. The van der Waals surface area contributed by atoms with Crippen LogP contribution in [0.3, 0.4) is 0 Å². The molecule has 0 spiro atoms. The van der Waals surface area contributed by atoms with Crippen LogP contribution in [0, 0.1) is 12.8 Å². The average molecular weight is 300 g/mol. The van der Waals surface area contributed by atoms with E-state index in [1.807, 2.05) is 31.8 Å². The Morgan fingerprint density at radius 2 is 2.32 bits per heavy atom. The summed E-state index contributed by atoms with van der Waals surface area (Å²) in [5, 5.41) is 3.58. The van der Waals surface area contributed by atoms with Crippen LogP contribution in [-0.4, -0.2) is 34.2 Å². The van der Waals surface area contributed by atoms with Gasteiger partial charge in [-0.3, -0.25) is 4.98 Å². The lowest BCUT2D eigenvalue weighted by molar-refractivity contribution is 0.0812. The van der Waals surface area contributed by atoms with Crippen LogP contribution in [-0.2, 0) is 18.2 Å². The summed E-state index contributed by atoms with van der Waals surface area (Å²) in [4.78, 5) is 8.58. The highest BCUT2D eigenvalue weighted by molar-refractivity contribution is 5.21. The molecule has 22 heavy (non-hydrogen) atoms. The van der Waals surface area contributed by atoms with Crippen LogP contribution in [0.15, 0.2) is 30.9 Å². The lowest BCUT2D eigenvalue weighted by Crippen LogP contribution is -2.27. The zero-order chi connectivity index (χ0) is 15.4. The number of imidazole rings is 1. The van der Waals surface area contributed by atoms with Crippen LogP contribution in [0.1, 0.15) is 29.5 Å². The van der Waals surface area contributed by atoms with E-state index in [1.54, 1.807) is 0 Å². The molecule has 3 rings (SSSR count). The molecule has 2 aromatic heterocycles. The van der Waals surface area contributed by atoms with E-state index in [-0.39, 0.29) is 6.10 Å². The Labute approximate surface area is 131 Å². The molecule has 0 bridgehead atoms. The summed E-state index contributed by atoms with van der Waals surface area (Å²) in [7, 11) is 2.03. The lowest BCUT2D eigenvalue weighted by atomic mass is 10.0. The highest BCUT2D eigenvalue weighted by Crippen LogP contribution is 2.32. The standard InChI is InChI=1S/C17H24N4O/c1-13-11-18-6-3-14(13)4-7-19-12-15-5-10-22-16(15)17-20-8-9-21(17)2/h3,6,8-9,11,15-16,19H,4-5,7,10,12H2,1-2H3/t15-,16+/m0/s1. The van der Waals surface area contributed by atoms with Crippen LogP contribution in [0.4, 0.5) is 0 Å². The summed E-state index contributed by atoms with van der Waals surface area (Å²) in [5.74, 6) is 1.54. The van der Waals surface area contributed by atoms with Gasteiger partial charge >= 0.3 is 0 Å². The number of hydrogen-bond acceptors (Lipinski definition) is 4. The van der Waals surface area contributed by atoms with Gasteiger partial charge in [-0.2, -0.15) is 0 Å². The summed E-state index contributed by atoms with van der Waals surface area (Å²) >= 11 is 0. The number of pyridine rings is 1. The molecule has 5 heteroatoms. The monoisotopic (exact) mass is 300 g/mol. The molecule has 1 fully saturated rings. The molecule has 118 valence electrons. The predicted octanol–water partition coefficient (Wildman–Crippen LogP) is 2.03. The maximum Gasteiger partial charge on any atom is 0.137 e. The van der Waals surface area contributed by atoms with E-state index in [0.29, 0.717) is 5.92 Å². The first-order valence-corrected chi connectivity index (χ1v) is 7.94. The van der Waals surface area contributed by atoms with Gasteiger partial charge in [0.05, 0.1) is 0 Å². The van der Waals surface area contributed by atoms with Crippen molar-refractivity contribution < 1.29 is 4.74 Å². The summed E-state index contributed by atoms with van der Waals surface area (Å²) in [6.07, 6.45) is 9.87. The molecule has 0 aromatic carbocycles. The fourth-order valence-electron chi connectivity index (χ4n) is 3.07. The van der Waals surface area contributed by atoms with E-state index in [4.69, 9.17) is 4.74 Å². The summed E-state index contributed by atoms with van der Waals surface area (Å²) in [6.45, 7) is 4.90. The second-order valence-electron chi connectivity index (χ2n) is 5.99. The average Bonchev–Trinajstić information content (AvgIpc) is 3.13. The number of aryl methyl sites for hydroxylation is 2. The van der Waals surface area contributed by atoms with Crippen LogP contribution < -0.4 is 5.32 Å². The molecule has 0 aliphatic carbocycles. The minimum absolute atomic E-state index is 0.121. The molecule has 0 amide bonds. The maximum absolute atomic E-state index is 5.89. The lowest BCUT2D eigenvalue weighted by Gasteiger charge is -2.19. The minimum atomic E-state index is 0.121. The summed E-state index contributed by atoms with van der Waals surface area (Å²) in [6, 6.07) is 2.10. The van der Waals surface area contributed by atoms with Crippen molar-refractivity contribution in [1.29, 1.82) is 0 Å². The Balaban J connectivity index is 1.49. The minimum Gasteiger partial charge on any atom is -0.370 e. The molecule has 0 unspecified atom stereocenters. The highest BCUT2D eigenvalue weighted by Gasteiger charge is 2.31. The van der Waals surface area contributed by atoms with E-state index in [0.717, 1.165) is 38.4 Å². The van der Waals surface area contributed by atoms with E-state index in [9.17, 15) is 0 Å². The van der Waals surface area contributed by atoms with Gasteiger partial charge in [-0.1, -0.05) is 0 Å². The van der Waals surface area contributed by atoms with E-state index < -0.39 is 0 Å². The Morgan fingerprint density at radius 3 is 3.09 bits per heavy atom. The van der Waals surface area contributed by atoms with Crippen LogP contribution in [0.5, 0.6) is 0 Å². The second-order valence-corrected chi connectivity index (χ2v) is 5.99. The fourth-order valence-corrected chi connectivity index (χ4v) is 3.07. The van der Waals surface area contributed by atoms with Crippen molar-refractivity contribution >= 4 is 0 Å². The van der Waals surface area contributed by atoms with Gasteiger partial charge < -0.3 is 14.6 Å². The largest absolute Gasteiger partial charge is 0.370 e. The summed E-state index contributed by atoms with van der Waals surface area (Å²) < 4.78 is 7.95. The van der Waals surface area contributed by atoms with Gasteiger partial charge in [-0.25, -0.2) is 4.98 Å². The van der Waals surface area contributed by atoms with Crippen LogP contribution in [0.25, 0.3) is 0 Å². The Kier molecular flexibility index (Phi) is 4.85. The van der Waals surface area contributed by atoms with Gasteiger partial charge in [0, 0.05) is 50.9 Å². The number of nitrogens with one attached hydrogen (secondary N) is 1. The van der Waals surface area contributed by atoms with Gasteiger partial charge in [0.1, 0.15) is 11.9 Å². The van der Waals surface area contributed by atoms with Crippen molar-refractivity contribution in [2.75, 3.05) is 19.7 Å². The quantitative estimate of drug-likeness (QED) is 0.830. The Morgan fingerprint density at radius 1 is 1.41 bits per heavy atom. The second kappa shape index (κ2) is 7.03. The summed E-state index contributed by atoms with van der Waals surface area (Å²) in [5.41, 5.74) is 2.63. The first-order chi connectivity index (χ1) is 10.8. The SMILES string of the molecule is Cc1cnccc1CCNC[C@@H]1CCO[C@H]1c1nccn1C. The van der Waals surface area contributed by atoms with Crippen LogP contribution >= 0.6 is 0 Å². The zero-order valence-corrected chi connectivity index (χ0v) is 13.3. The van der Waals surface area contributed by atoms with Crippen LogP contribution in [0.2, 0.25) is 0 Å². The smallest absolute Gasteiger partial charge is 0.137 e. The van der Waals surface area contributed by atoms with Crippen molar-refractivity contribution in [2.24, 2.45) is 13.0 Å². The van der Waals surface area contributed by atoms with Crippen molar-refractivity contribution in [3.8, 4) is 0 Å². The highest BCUT2D eigenvalue weighted by atomic mass is 16.5. The Hall–Kier alpha value is -1.72.